The molecule has 0 spiro atoms. The van der Waals surface area contributed by atoms with Crippen molar-refractivity contribution in [2.75, 3.05) is 13.7 Å². The maximum atomic E-state index is 13.1. The number of amides is 1. The molecule has 0 bridgehead atoms. The van der Waals surface area contributed by atoms with Gasteiger partial charge in [-0.25, -0.2) is 18.1 Å². The Balaban J connectivity index is 1.39. The number of ether oxygens (including phenoxy) is 2. The Bertz CT molecular complexity index is 2190. The lowest BCUT2D eigenvalue weighted by Crippen LogP contribution is -2.31. The number of aromatic nitrogens is 3. The van der Waals surface area contributed by atoms with Gasteiger partial charge in [0.05, 0.1) is 17.6 Å². The molecule has 1 amide bonds. The average molecular weight is 637 g/mol. The molecular weight excluding hydrogens is 609 g/mol. The minimum atomic E-state index is -5.13. The number of rotatable bonds is 9. The van der Waals surface area contributed by atoms with Crippen LogP contribution in [0.5, 0.6) is 5.75 Å². The number of sulfonamides is 1. The molecule has 0 saturated heterocycles. The minimum absolute atomic E-state index is 0.0512. The highest BCUT2D eigenvalue weighted by molar-refractivity contribution is 7.90. The molecule has 1 N–H and O–H groups in total. The van der Waals surface area contributed by atoms with Gasteiger partial charge in [0.2, 0.25) is 0 Å². The Morgan fingerprint density at radius 1 is 0.889 bits per heavy atom. The number of benzene rings is 4. The van der Waals surface area contributed by atoms with E-state index in [0.717, 1.165) is 46.0 Å². The van der Waals surface area contributed by atoms with Crippen LogP contribution in [0.1, 0.15) is 17.3 Å². The summed E-state index contributed by atoms with van der Waals surface area (Å²) in [4.78, 5) is 17.1. The fraction of sp³-hybridized carbons (Fsp3) is 0.188. The summed E-state index contributed by atoms with van der Waals surface area (Å²) in [7, 11) is -3.14. The van der Waals surface area contributed by atoms with E-state index >= 15 is 0 Å². The Morgan fingerprint density at radius 3 is 2.36 bits per heavy atom. The number of hydrogen-bond acceptors (Lipinski definition) is 6. The molecule has 232 valence electrons. The second-order valence-corrected chi connectivity index (χ2v) is 11.9. The fourth-order valence-electron chi connectivity index (χ4n) is 5.55. The molecule has 0 saturated carbocycles. The van der Waals surface area contributed by atoms with Crippen LogP contribution in [0.15, 0.2) is 89.8 Å². The molecule has 0 radical (unpaired) electrons. The second kappa shape index (κ2) is 11.6. The quantitative estimate of drug-likeness (QED) is 0.195. The van der Waals surface area contributed by atoms with Crippen LogP contribution in [0.25, 0.3) is 44.2 Å². The molecule has 13 heteroatoms. The lowest BCUT2D eigenvalue weighted by atomic mass is 10.1. The molecular formula is C32H27F3N4O5S. The summed E-state index contributed by atoms with van der Waals surface area (Å²) in [5.74, 6) is -1.37. The average Bonchev–Trinajstić information content (AvgIpc) is 3.53. The van der Waals surface area contributed by atoms with E-state index in [2.05, 4.69) is 40.5 Å². The number of para-hydroxylation sites is 2. The topological polar surface area (TPSA) is 104 Å². The van der Waals surface area contributed by atoms with Crippen molar-refractivity contribution in [2.24, 2.45) is 0 Å². The summed E-state index contributed by atoms with van der Waals surface area (Å²) in [5.41, 5.74) is 4.10. The molecule has 45 heavy (non-hydrogen) atoms. The third-order valence-electron chi connectivity index (χ3n) is 7.47. The van der Waals surface area contributed by atoms with Gasteiger partial charge in [-0.3, -0.25) is 4.79 Å². The van der Waals surface area contributed by atoms with Gasteiger partial charge in [0.1, 0.15) is 16.5 Å². The van der Waals surface area contributed by atoms with Crippen molar-refractivity contribution in [1.82, 2.24) is 18.8 Å². The molecule has 0 aliphatic rings. The van der Waals surface area contributed by atoms with E-state index in [1.54, 1.807) is 13.2 Å². The lowest BCUT2D eigenvalue weighted by Gasteiger charge is -2.14. The Morgan fingerprint density at radius 2 is 1.60 bits per heavy atom. The van der Waals surface area contributed by atoms with Crippen molar-refractivity contribution in [2.45, 2.75) is 31.3 Å². The first-order valence-electron chi connectivity index (χ1n) is 13.9. The van der Waals surface area contributed by atoms with Crippen molar-refractivity contribution in [3.63, 3.8) is 0 Å². The van der Waals surface area contributed by atoms with Gasteiger partial charge < -0.3 is 18.6 Å². The SMILES string of the molecule is CCn1c2ccccc2c2cc(-c3nc4cc(C(=O)NS(=O)(=O)c5ccccc5OC(F)(F)F)ccc4n3CCOC)ccc21. The zero-order valence-electron chi connectivity index (χ0n) is 24.1. The van der Waals surface area contributed by atoms with Crippen LogP contribution in [0.4, 0.5) is 13.2 Å². The number of carbonyl (C=O) groups is 1. The van der Waals surface area contributed by atoms with Gasteiger partial charge >= 0.3 is 6.36 Å². The summed E-state index contributed by atoms with van der Waals surface area (Å²) in [5, 5.41) is 2.17. The first-order chi connectivity index (χ1) is 21.5. The third-order valence-corrected chi connectivity index (χ3v) is 8.84. The highest BCUT2D eigenvalue weighted by atomic mass is 32.2. The lowest BCUT2D eigenvalue weighted by molar-refractivity contribution is -0.275. The second-order valence-electron chi connectivity index (χ2n) is 10.2. The number of aryl methyl sites for hydroxylation is 1. The van der Waals surface area contributed by atoms with Crippen molar-refractivity contribution < 1.29 is 35.9 Å². The van der Waals surface area contributed by atoms with E-state index in [0.29, 0.717) is 30.0 Å². The molecule has 0 fully saturated rings. The molecule has 0 aliphatic carbocycles. The molecule has 2 aromatic heterocycles. The summed E-state index contributed by atoms with van der Waals surface area (Å²) in [6, 6.07) is 23.0. The number of imidazole rings is 1. The van der Waals surface area contributed by atoms with Gasteiger partial charge in [0.25, 0.3) is 15.9 Å². The molecule has 4 aromatic carbocycles. The van der Waals surface area contributed by atoms with E-state index < -0.39 is 32.9 Å². The molecule has 9 nitrogen and oxygen atoms in total. The highest BCUT2D eigenvalue weighted by Gasteiger charge is 2.34. The number of nitrogens with one attached hydrogen (secondary N) is 1. The molecule has 2 heterocycles. The molecule has 6 aromatic rings. The van der Waals surface area contributed by atoms with E-state index in [9.17, 15) is 26.4 Å². The van der Waals surface area contributed by atoms with E-state index in [1.807, 2.05) is 27.5 Å². The van der Waals surface area contributed by atoms with Crippen molar-refractivity contribution >= 4 is 48.8 Å². The number of fused-ring (bicyclic) bond motifs is 4. The molecule has 0 unspecified atom stereocenters. The van der Waals surface area contributed by atoms with Gasteiger partial charge in [-0.15, -0.1) is 13.2 Å². The number of carbonyl (C=O) groups excluding carboxylic acids is 1. The molecule has 6 rings (SSSR count). The van der Waals surface area contributed by atoms with Crippen LogP contribution < -0.4 is 9.46 Å². The van der Waals surface area contributed by atoms with Crippen LogP contribution in [0.2, 0.25) is 0 Å². The summed E-state index contributed by atoms with van der Waals surface area (Å²) >= 11 is 0. The summed E-state index contributed by atoms with van der Waals surface area (Å²) in [6.45, 7) is 3.73. The predicted molar refractivity (Wildman–Crippen MR) is 163 cm³/mol. The van der Waals surface area contributed by atoms with Crippen LogP contribution in [-0.2, 0) is 27.8 Å². The normalized spacial score (nSPS) is 12.3. The van der Waals surface area contributed by atoms with Crippen LogP contribution >= 0.6 is 0 Å². The van der Waals surface area contributed by atoms with E-state index in [-0.39, 0.29) is 5.56 Å². The van der Waals surface area contributed by atoms with Gasteiger partial charge in [-0.1, -0.05) is 30.3 Å². The standard InChI is InChI=1S/C32H27F3N4O5S/c1-3-38-25-9-5-4-8-22(25)23-18-20(12-14-26(23)38)30-36-24-19-21(13-15-27(24)39(30)16-17-43-2)31(40)37-45(41,42)29-11-7-6-10-28(29)44-32(33,34)35/h4-15,18-19H,3,16-17H2,1-2H3,(H,37,40). The van der Waals surface area contributed by atoms with Gasteiger partial charge in [0.15, 0.2) is 0 Å². The first-order valence-corrected chi connectivity index (χ1v) is 15.4. The summed E-state index contributed by atoms with van der Waals surface area (Å²) in [6.07, 6.45) is -5.13. The maximum absolute atomic E-state index is 13.1. The van der Waals surface area contributed by atoms with Crippen LogP contribution in [0, 0.1) is 0 Å². The smallest absolute Gasteiger partial charge is 0.404 e. The number of hydrogen-bond donors (Lipinski definition) is 1. The van der Waals surface area contributed by atoms with Crippen LogP contribution in [0.3, 0.4) is 0 Å². The zero-order chi connectivity index (χ0) is 31.9. The van der Waals surface area contributed by atoms with Crippen molar-refractivity contribution in [3.8, 4) is 17.1 Å². The van der Waals surface area contributed by atoms with Gasteiger partial charge in [-0.2, -0.15) is 0 Å². The Hall–Kier alpha value is -4.88. The zero-order valence-corrected chi connectivity index (χ0v) is 24.9. The minimum Gasteiger partial charge on any atom is -0.404 e. The van der Waals surface area contributed by atoms with Crippen molar-refractivity contribution in [1.29, 1.82) is 0 Å². The van der Waals surface area contributed by atoms with Crippen LogP contribution in [-0.4, -0.2) is 48.5 Å². The number of nitrogens with zero attached hydrogens (tertiary/aromatic N) is 3. The number of alkyl halides is 3. The summed E-state index contributed by atoms with van der Waals surface area (Å²) < 4.78 is 79.7. The maximum Gasteiger partial charge on any atom is 0.573 e. The van der Waals surface area contributed by atoms with E-state index in [1.165, 1.54) is 24.3 Å². The first kappa shape index (κ1) is 30.2. The third kappa shape index (κ3) is 5.71. The molecule has 0 atom stereocenters. The largest absolute Gasteiger partial charge is 0.573 e. The van der Waals surface area contributed by atoms with Crippen molar-refractivity contribution in [3.05, 3.63) is 90.5 Å². The Labute approximate surface area is 255 Å². The molecule has 0 aliphatic heterocycles. The van der Waals surface area contributed by atoms with Gasteiger partial charge in [0, 0.05) is 53.1 Å². The fourth-order valence-corrected chi connectivity index (χ4v) is 6.66. The Kier molecular flexibility index (Phi) is 7.75. The predicted octanol–water partition coefficient (Wildman–Crippen LogP) is 6.49. The number of halogens is 3. The highest BCUT2D eigenvalue weighted by Crippen LogP contribution is 2.34. The van der Waals surface area contributed by atoms with E-state index in [4.69, 9.17) is 9.72 Å². The monoisotopic (exact) mass is 636 g/mol. The number of methoxy groups -OCH3 is 1. The van der Waals surface area contributed by atoms with Gasteiger partial charge in [-0.05, 0) is 61.5 Å².